The first kappa shape index (κ1) is 15.3. The van der Waals surface area contributed by atoms with Gasteiger partial charge >= 0.3 is 0 Å². The molecule has 8 heteroatoms. The van der Waals surface area contributed by atoms with E-state index in [-0.39, 0.29) is 5.56 Å². The zero-order valence-electron chi connectivity index (χ0n) is 12.6. The predicted octanol–water partition coefficient (Wildman–Crippen LogP) is -0.00940. The summed E-state index contributed by atoms with van der Waals surface area (Å²) in [5, 5.41) is 0. The van der Waals surface area contributed by atoms with E-state index in [1.54, 1.807) is 18.6 Å². The third-order valence-corrected chi connectivity index (χ3v) is 3.59. The number of aromatic nitrogens is 4. The fourth-order valence-corrected chi connectivity index (χ4v) is 2.44. The number of nitrogens with zero attached hydrogens (tertiary/aromatic N) is 5. The monoisotopic (exact) mass is 315 g/mol. The molecular formula is C15H17N5O3. The molecule has 1 saturated heterocycles. The molecule has 1 aliphatic heterocycles. The second-order valence-corrected chi connectivity index (χ2v) is 5.13. The third-order valence-electron chi connectivity index (χ3n) is 3.59. The van der Waals surface area contributed by atoms with Gasteiger partial charge < -0.3 is 14.4 Å². The van der Waals surface area contributed by atoms with Crippen molar-refractivity contribution in [1.82, 2.24) is 19.5 Å². The molecular weight excluding hydrogens is 298 g/mol. The number of ether oxygens (including phenoxy) is 1. The maximum atomic E-state index is 12.8. The van der Waals surface area contributed by atoms with Gasteiger partial charge in [0.15, 0.2) is 5.82 Å². The molecule has 1 fully saturated rings. The lowest BCUT2D eigenvalue weighted by molar-refractivity contribution is -0.107. The Morgan fingerprint density at radius 2 is 1.96 bits per heavy atom. The Balaban J connectivity index is 2.06. The molecule has 0 unspecified atom stereocenters. The molecule has 3 heterocycles. The Morgan fingerprint density at radius 3 is 2.65 bits per heavy atom. The van der Waals surface area contributed by atoms with E-state index in [1.807, 2.05) is 4.90 Å². The summed E-state index contributed by atoms with van der Waals surface area (Å²) < 4.78 is 6.81. The lowest BCUT2D eigenvalue weighted by Crippen LogP contribution is -2.41. The Labute approximate surface area is 132 Å². The van der Waals surface area contributed by atoms with Crippen molar-refractivity contribution in [2.45, 2.75) is 12.8 Å². The summed E-state index contributed by atoms with van der Waals surface area (Å²) >= 11 is 0. The Hall–Kier alpha value is -2.61. The highest BCUT2D eigenvalue weighted by molar-refractivity contribution is 5.50. The molecule has 1 aliphatic rings. The van der Waals surface area contributed by atoms with Crippen LogP contribution in [0.25, 0.3) is 5.69 Å². The van der Waals surface area contributed by atoms with E-state index >= 15 is 0 Å². The minimum atomic E-state index is -0.225. The molecule has 0 spiro atoms. The van der Waals surface area contributed by atoms with E-state index < -0.39 is 0 Å². The molecule has 0 aromatic carbocycles. The van der Waals surface area contributed by atoms with Crippen LogP contribution in [0, 0.1) is 0 Å². The molecule has 0 N–H and O–H groups in total. The summed E-state index contributed by atoms with van der Waals surface area (Å²) in [5.74, 6) is 0.376. The van der Waals surface area contributed by atoms with Gasteiger partial charge in [0, 0.05) is 25.7 Å². The van der Waals surface area contributed by atoms with Crippen molar-refractivity contribution in [2.75, 3.05) is 31.2 Å². The Bertz CT molecular complexity index is 726. The van der Waals surface area contributed by atoms with Crippen LogP contribution in [0.3, 0.4) is 0 Å². The first-order chi connectivity index (χ1) is 11.3. The molecule has 8 nitrogen and oxygen atoms in total. The molecule has 0 atom stereocenters. The average Bonchev–Trinajstić information content (AvgIpc) is 2.62. The summed E-state index contributed by atoms with van der Waals surface area (Å²) in [6.45, 7) is 2.36. The second-order valence-electron chi connectivity index (χ2n) is 5.13. The van der Waals surface area contributed by atoms with E-state index in [1.165, 1.54) is 10.9 Å². The van der Waals surface area contributed by atoms with Crippen molar-refractivity contribution in [3.63, 3.8) is 0 Å². The largest absolute Gasteiger partial charge is 0.378 e. The Kier molecular flexibility index (Phi) is 4.72. The molecule has 120 valence electrons. The van der Waals surface area contributed by atoms with Crippen LogP contribution in [0.4, 0.5) is 5.82 Å². The number of carbonyl (C=O) groups excluding carboxylic acids is 1. The van der Waals surface area contributed by atoms with Gasteiger partial charge in [0.25, 0.3) is 5.56 Å². The van der Waals surface area contributed by atoms with Gasteiger partial charge in [-0.05, 0) is 6.42 Å². The van der Waals surface area contributed by atoms with Crippen molar-refractivity contribution in [2.24, 2.45) is 0 Å². The molecule has 0 radical (unpaired) electrons. The number of carbonyl (C=O) groups is 1. The van der Waals surface area contributed by atoms with Crippen LogP contribution in [0.5, 0.6) is 0 Å². The highest BCUT2D eigenvalue weighted by Gasteiger charge is 2.19. The van der Waals surface area contributed by atoms with Gasteiger partial charge in [-0.15, -0.1) is 0 Å². The molecule has 0 saturated carbocycles. The van der Waals surface area contributed by atoms with Crippen LogP contribution < -0.4 is 10.5 Å². The molecule has 0 bridgehead atoms. The predicted molar refractivity (Wildman–Crippen MR) is 82.8 cm³/mol. The fraction of sp³-hybridized carbons (Fsp3) is 0.400. The van der Waals surface area contributed by atoms with Crippen LogP contribution in [0.1, 0.15) is 12.1 Å². The zero-order chi connectivity index (χ0) is 16.1. The summed E-state index contributed by atoms with van der Waals surface area (Å²) in [4.78, 5) is 37.7. The molecule has 0 aliphatic carbocycles. The van der Waals surface area contributed by atoms with Crippen LogP contribution >= 0.6 is 0 Å². The summed E-state index contributed by atoms with van der Waals surface area (Å²) in [6.07, 6.45) is 7.88. The number of rotatable bonds is 5. The lowest BCUT2D eigenvalue weighted by Gasteiger charge is -2.27. The van der Waals surface area contributed by atoms with Crippen molar-refractivity contribution in [3.8, 4) is 5.69 Å². The molecule has 3 rings (SSSR count). The van der Waals surface area contributed by atoms with Gasteiger partial charge in [-0.1, -0.05) is 0 Å². The second kappa shape index (κ2) is 7.10. The number of morpholine rings is 1. The van der Waals surface area contributed by atoms with Gasteiger partial charge in [-0.3, -0.25) is 9.36 Å². The quantitative estimate of drug-likeness (QED) is 0.717. The van der Waals surface area contributed by atoms with E-state index in [0.29, 0.717) is 56.3 Å². The van der Waals surface area contributed by atoms with E-state index in [0.717, 1.165) is 6.29 Å². The number of aryl methyl sites for hydroxylation is 1. The highest BCUT2D eigenvalue weighted by Crippen LogP contribution is 2.12. The Morgan fingerprint density at radius 1 is 1.22 bits per heavy atom. The number of aldehydes is 1. The highest BCUT2D eigenvalue weighted by atomic mass is 16.5. The maximum absolute atomic E-state index is 12.8. The van der Waals surface area contributed by atoms with Crippen LogP contribution in [0.2, 0.25) is 0 Å². The summed E-state index contributed by atoms with van der Waals surface area (Å²) in [5.41, 5.74) is 1.03. The maximum Gasteiger partial charge on any atom is 0.298 e. The first-order valence-electron chi connectivity index (χ1n) is 7.44. The first-order valence-corrected chi connectivity index (χ1v) is 7.44. The minimum Gasteiger partial charge on any atom is -0.378 e. The van der Waals surface area contributed by atoms with Crippen molar-refractivity contribution >= 4 is 12.1 Å². The summed E-state index contributed by atoms with van der Waals surface area (Å²) in [7, 11) is 0. The molecule has 2 aromatic rings. The number of hydrogen-bond donors (Lipinski definition) is 0. The van der Waals surface area contributed by atoms with Gasteiger partial charge in [0.05, 0.1) is 37.0 Å². The van der Waals surface area contributed by atoms with Gasteiger partial charge in [-0.2, -0.15) is 0 Å². The van der Waals surface area contributed by atoms with Crippen LogP contribution in [-0.2, 0) is 16.0 Å². The van der Waals surface area contributed by atoms with Crippen molar-refractivity contribution < 1.29 is 9.53 Å². The SMILES string of the molecule is O=CCCc1cn(-c2cncnc2)c(=O)c(N2CCOCC2)n1. The van der Waals surface area contributed by atoms with E-state index in [4.69, 9.17) is 4.74 Å². The van der Waals surface area contributed by atoms with Gasteiger partial charge in [-0.25, -0.2) is 15.0 Å². The number of hydrogen-bond acceptors (Lipinski definition) is 7. The third kappa shape index (κ3) is 3.42. The minimum absolute atomic E-state index is 0.225. The average molecular weight is 315 g/mol. The van der Waals surface area contributed by atoms with Crippen molar-refractivity contribution in [3.05, 3.63) is 41.0 Å². The summed E-state index contributed by atoms with van der Waals surface area (Å²) in [6, 6.07) is 0. The van der Waals surface area contributed by atoms with E-state index in [9.17, 15) is 9.59 Å². The van der Waals surface area contributed by atoms with Crippen LogP contribution in [0.15, 0.2) is 29.7 Å². The topological polar surface area (TPSA) is 90.2 Å². The standard InChI is InChI=1S/C15H17N5O3/c21-5-1-2-12-10-20(13-8-16-11-17-9-13)15(22)14(18-12)19-3-6-23-7-4-19/h5,8-11H,1-4,6-7H2. The smallest absolute Gasteiger partial charge is 0.298 e. The van der Waals surface area contributed by atoms with Gasteiger partial charge in [0.1, 0.15) is 12.6 Å². The van der Waals surface area contributed by atoms with Gasteiger partial charge in [0.2, 0.25) is 0 Å². The number of anilines is 1. The zero-order valence-corrected chi connectivity index (χ0v) is 12.6. The normalized spacial score (nSPS) is 14.7. The van der Waals surface area contributed by atoms with Crippen LogP contribution in [-0.4, -0.2) is 52.1 Å². The van der Waals surface area contributed by atoms with Crippen molar-refractivity contribution in [1.29, 1.82) is 0 Å². The fourth-order valence-electron chi connectivity index (χ4n) is 2.44. The van der Waals surface area contributed by atoms with E-state index in [2.05, 4.69) is 15.0 Å². The molecule has 0 amide bonds. The molecule has 23 heavy (non-hydrogen) atoms. The lowest BCUT2D eigenvalue weighted by atomic mass is 10.2. The molecule has 2 aromatic heterocycles.